The fourth-order valence-corrected chi connectivity index (χ4v) is 1.53. The summed E-state index contributed by atoms with van der Waals surface area (Å²) in [6, 6.07) is 0. The molecule has 0 saturated heterocycles. The molecule has 0 amide bonds. The molecule has 0 bridgehead atoms. The summed E-state index contributed by atoms with van der Waals surface area (Å²) < 4.78 is 65.6. The van der Waals surface area contributed by atoms with Crippen LogP contribution < -0.4 is 0 Å². The average molecular weight is 242 g/mol. The molecule has 0 rings (SSSR count). The number of hydrogen-bond acceptors (Lipinski definition) is 2. The minimum absolute atomic E-state index is 0. The van der Waals surface area contributed by atoms with Gasteiger partial charge in [-0.2, -0.15) is 8.42 Å². The molecule has 8 heteroatoms. The molecule has 3 nitrogen and oxygen atoms in total. The summed E-state index contributed by atoms with van der Waals surface area (Å²) in [7, 11) is -4.49. The summed E-state index contributed by atoms with van der Waals surface area (Å²) in [5.74, 6) is -1.25. The molecule has 0 aliphatic carbocycles. The molecule has 2 atom stereocenters. The standard InChI is InChI=1S/C7H13F3O3S.Li.H/c8-4-2-1-3-6(9)7(10)5-14(11,12)13;;/h6-7H,1-5H2,(H,11,12,13);;. The van der Waals surface area contributed by atoms with Gasteiger partial charge >= 0.3 is 18.9 Å². The van der Waals surface area contributed by atoms with Crippen LogP contribution in [-0.2, 0) is 10.1 Å². The molecule has 0 aliphatic heterocycles. The second-order valence-electron chi connectivity index (χ2n) is 2.97. The normalized spacial score (nSPS) is 15.5. The first-order chi connectivity index (χ1) is 6.37. The summed E-state index contributed by atoms with van der Waals surface area (Å²) in [5, 5.41) is 0. The van der Waals surface area contributed by atoms with E-state index in [1.807, 2.05) is 0 Å². The second kappa shape index (κ2) is 8.45. The van der Waals surface area contributed by atoms with Crippen molar-refractivity contribution in [2.75, 3.05) is 12.4 Å². The molecule has 0 aliphatic rings. The fraction of sp³-hybridized carbons (Fsp3) is 1.00. The maximum absolute atomic E-state index is 12.8. The zero-order valence-corrected chi connectivity index (χ0v) is 8.31. The zero-order chi connectivity index (χ0) is 11.2. The van der Waals surface area contributed by atoms with Crippen LogP contribution in [0.1, 0.15) is 19.3 Å². The van der Waals surface area contributed by atoms with Crippen LogP contribution in [-0.4, -0.2) is 56.6 Å². The first kappa shape index (κ1) is 17.7. The van der Waals surface area contributed by atoms with Crippen LogP contribution in [0.3, 0.4) is 0 Å². The Morgan fingerprint density at radius 2 is 1.67 bits per heavy atom. The van der Waals surface area contributed by atoms with E-state index in [-0.39, 0.29) is 38.1 Å². The number of halogens is 3. The Morgan fingerprint density at radius 3 is 2.07 bits per heavy atom. The van der Waals surface area contributed by atoms with E-state index in [2.05, 4.69) is 0 Å². The van der Waals surface area contributed by atoms with Gasteiger partial charge in [-0.25, -0.2) is 8.78 Å². The molecular weight excluding hydrogens is 228 g/mol. The third-order valence-electron chi connectivity index (χ3n) is 1.63. The van der Waals surface area contributed by atoms with Gasteiger partial charge in [-0.1, -0.05) is 0 Å². The molecule has 0 aromatic rings. The Bertz CT molecular complexity index is 248. The number of rotatable bonds is 7. The van der Waals surface area contributed by atoms with E-state index in [1.165, 1.54) is 0 Å². The predicted molar refractivity (Wildman–Crippen MR) is 53.2 cm³/mol. The van der Waals surface area contributed by atoms with Gasteiger partial charge in [0.25, 0.3) is 10.1 Å². The molecule has 15 heavy (non-hydrogen) atoms. The van der Waals surface area contributed by atoms with Crippen LogP contribution >= 0.6 is 0 Å². The molecule has 0 saturated carbocycles. The van der Waals surface area contributed by atoms with Crippen molar-refractivity contribution >= 4 is 29.0 Å². The molecule has 0 heterocycles. The van der Waals surface area contributed by atoms with Crippen molar-refractivity contribution in [1.82, 2.24) is 0 Å². The van der Waals surface area contributed by atoms with Gasteiger partial charge in [0.15, 0.2) is 0 Å². The second-order valence-corrected chi connectivity index (χ2v) is 4.46. The maximum atomic E-state index is 12.8. The van der Waals surface area contributed by atoms with Crippen molar-refractivity contribution < 1.29 is 26.1 Å². The summed E-state index contributed by atoms with van der Waals surface area (Å²) in [6.45, 7) is -0.609. The molecule has 0 aromatic heterocycles. The molecule has 0 aromatic carbocycles. The Balaban J connectivity index is 0. The van der Waals surface area contributed by atoms with Gasteiger partial charge in [-0.05, 0) is 19.3 Å². The number of unbranched alkanes of at least 4 members (excludes halogenated alkanes) is 1. The quantitative estimate of drug-likeness (QED) is 0.412. The molecular formula is C7H14F3LiO3S. The van der Waals surface area contributed by atoms with Crippen molar-refractivity contribution in [2.45, 2.75) is 31.6 Å². The molecule has 1 N–H and O–H groups in total. The Labute approximate surface area is 99.4 Å². The third kappa shape index (κ3) is 10.6. The number of alkyl halides is 3. The molecule has 0 radical (unpaired) electrons. The van der Waals surface area contributed by atoms with Gasteiger partial charge in [0, 0.05) is 0 Å². The van der Waals surface area contributed by atoms with Gasteiger partial charge in [-0.3, -0.25) is 8.94 Å². The zero-order valence-electron chi connectivity index (χ0n) is 7.50. The molecule has 0 spiro atoms. The monoisotopic (exact) mass is 242 g/mol. The van der Waals surface area contributed by atoms with E-state index in [4.69, 9.17) is 4.55 Å². The van der Waals surface area contributed by atoms with Crippen molar-refractivity contribution in [1.29, 1.82) is 0 Å². The predicted octanol–water partition coefficient (Wildman–Crippen LogP) is 1.04. The first-order valence-electron chi connectivity index (χ1n) is 4.16. The van der Waals surface area contributed by atoms with E-state index >= 15 is 0 Å². The summed E-state index contributed by atoms with van der Waals surface area (Å²) >= 11 is 0. The summed E-state index contributed by atoms with van der Waals surface area (Å²) in [4.78, 5) is 0. The van der Waals surface area contributed by atoms with Crippen molar-refractivity contribution in [3.63, 3.8) is 0 Å². The van der Waals surface area contributed by atoms with E-state index in [0.717, 1.165) is 0 Å². The van der Waals surface area contributed by atoms with Crippen molar-refractivity contribution in [3.8, 4) is 0 Å². The molecule has 88 valence electrons. The van der Waals surface area contributed by atoms with E-state index in [0.29, 0.717) is 0 Å². The van der Waals surface area contributed by atoms with Gasteiger partial charge in [0.1, 0.15) is 18.1 Å². The Kier molecular flexibility index (Phi) is 9.96. The van der Waals surface area contributed by atoms with Gasteiger partial charge < -0.3 is 0 Å². The van der Waals surface area contributed by atoms with Crippen LogP contribution in [0.5, 0.6) is 0 Å². The molecule has 2 unspecified atom stereocenters. The fourth-order valence-electron chi connectivity index (χ4n) is 0.920. The third-order valence-corrected chi connectivity index (χ3v) is 2.37. The van der Waals surface area contributed by atoms with E-state index < -0.39 is 34.9 Å². The van der Waals surface area contributed by atoms with Crippen LogP contribution in [0.4, 0.5) is 13.2 Å². The van der Waals surface area contributed by atoms with Crippen LogP contribution in [0.25, 0.3) is 0 Å². The minimum atomic E-state index is -4.49. The molecule has 0 fully saturated rings. The van der Waals surface area contributed by atoms with Gasteiger partial charge in [0.2, 0.25) is 0 Å². The Morgan fingerprint density at radius 1 is 1.13 bits per heavy atom. The van der Waals surface area contributed by atoms with Crippen LogP contribution in [0.2, 0.25) is 0 Å². The van der Waals surface area contributed by atoms with Crippen LogP contribution in [0.15, 0.2) is 0 Å². The first-order valence-corrected chi connectivity index (χ1v) is 5.77. The topological polar surface area (TPSA) is 54.4 Å². The van der Waals surface area contributed by atoms with E-state index in [9.17, 15) is 21.6 Å². The summed E-state index contributed by atoms with van der Waals surface area (Å²) in [5.41, 5.74) is 0. The van der Waals surface area contributed by atoms with Crippen molar-refractivity contribution in [3.05, 3.63) is 0 Å². The van der Waals surface area contributed by atoms with Gasteiger partial charge in [0.05, 0.1) is 6.67 Å². The average Bonchev–Trinajstić information content (AvgIpc) is 2.01. The van der Waals surface area contributed by atoms with Crippen molar-refractivity contribution in [2.24, 2.45) is 0 Å². The van der Waals surface area contributed by atoms with Crippen LogP contribution in [0, 0.1) is 0 Å². The van der Waals surface area contributed by atoms with Gasteiger partial charge in [-0.15, -0.1) is 0 Å². The van der Waals surface area contributed by atoms with E-state index in [1.54, 1.807) is 0 Å². The SMILES string of the molecule is O=S(=O)(O)CC(F)C(F)CCCCF.[LiH]. The summed E-state index contributed by atoms with van der Waals surface area (Å²) in [6.07, 6.45) is -4.17. The number of hydrogen-bond donors (Lipinski definition) is 1. The Hall–Kier alpha value is 0.297.